The van der Waals surface area contributed by atoms with Crippen molar-refractivity contribution in [2.24, 2.45) is 5.73 Å². The molecule has 19 heavy (non-hydrogen) atoms. The molecule has 3 rings (SSSR count). The number of aromatic nitrogens is 3. The molecular weight excluding hydrogens is 238 g/mol. The minimum atomic E-state index is 0.497. The van der Waals surface area contributed by atoms with Crippen molar-refractivity contribution in [3.05, 3.63) is 23.9 Å². The SMILES string of the molecule is Cc1ccc2nc(N3CCCCC3CCN)nn2c1. The van der Waals surface area contributed by atoms with Gasteiger partial charge in [0, 0.05) is 18.8 Å². The van der Waals surface area contributed by atoms with Gasteiger partial charge in [-0.1, -0.05) is 6.07 Å². The van der Waals surface area contributed by atoms with Gasteiger partial charge in [-0.25, -0.2) is 4.52 Å². The molecule has 2 aromatic heterocycles. The quantitative estimate of drug-likeness (QED) is 0.912. The number of nitrogens with zero attached hydrogens (tertiary/aromatic N) is 4. The van der Waals surface area contributed by atoms with Crippen molar-refractivity contribution in [3.63, 3.8) is 0 Å². The number of piperidine rings is 1. The second-order valence-corrected chi connectivity index (χ2v) is 5.34. The molecule has 0 aliphatic carbocycles. The van der Waals surface area contributed by atoms with E-state index in [0.29, 0.717) is 6.04 Å². The van der Waals surface area contributed by atoms with E-state index < -0.39 is 0 Å². The van der Waals surface area contributed by atoms with Crippen LogP contribution in [0.4, 0.5) is 5.95 Å². The number of hydrogen-bond donors (Lipinski definition) is 1. The van der Waals surface area contributed by atoms with Gasteiger partial charge in [0.25, 0.3) is 0 Å². The molecule has 5 nitrogen and oxygen atoms in total. The average Bonchev–Trinajstić information content (AvgIpc) is 2.82. The molecule has 5 heteroatoms. The highest BCUT2D eigenvalue weighted by atomic mass is 15.4. The molecule has 102 valence electrons. The third-order valence-corrected chi connectivity index (χ3v) is 3.85. The highest BCUT2D eigenvalue weighted by Gasteiger charge is 2.24. The van der Waals surface area contributed by atoms with Crippen LogP contribution in [-0.2, 0) is 0 Å². The minimum absolute atomic E-state index is 0.497. The lowest BCUT2D eigenvalue weighted by molar-refractivity contribution is 0.435. The lowest BCUT2D eigenvalue weighted by Gasteiger charge is -2.34. The Hall–Kier alpha value is -1.62. The Balaban J connectivity index is 1.92. The maximum absolute atomic E-state index is 5.72. The van der Waals surface area contributed by atoms with Gasteiger partial charge in [-0.2, -0.15) is 4.98 Å². The number of aryl methyl sites for hydroxylation is 1. The largest absolute Gasteiger partial charge is 0.336 e. The maximum atomic E-state index is 5.72. The van der Waals surface area contributed by atoms with Gasteiger partial charge >= 0.3 is 0 Å². The lowest BCUT2D eigenvalue weighted by atomic mass is 10.00. The van der Waals surface area contributed by atoms with Gasteiger partial charge < -0.3 is 10.6 Å². The van der Waals surface area contributed by atoms with Crippen LogP contribution in [0.15, 0.2) is 18.3 Å². The number of fused-ring (bicyclic) bond motifs is 1. The first-order chi connectivity index (χ1) is 9.28. The second-order valence-electron chi connectivity index (χ2n) is 5.34. The van der Waals surface area contributed by atoms with Crippen molar-refractivity contribution in [2.75, 3.05) is 18.0 Å². The van der Waals surface area contributed by atoms with Crippen molar-refractivity contribution >= 4 is 11.6 Å². The van der Waals surface area contributed by atoms with Crippen molar-refractivity contribution in [1.29, 1.82) is 0 Å². The van der Waals surface area contributed by atoms with Crippen LogP contribution < -0.4 is 10.6 Å². The van der Waals surface area contributed by atoms with Crippen molar-refractivity contribution in [3.8, 4) is 0 Å². The molecule has 1 unspecified atom stereocenters. The van der Waals surface area contributed by atoms with E-state index >= 15 is 0 Å². The fraction of sp³-hybridized carbons (Fsp3) is 0.571. The predicted molar refractivity (Wildman–Crippen MR) is 76.4 cm³/mol. The van der Waals surface area contributed by atoms with E-state index in [4.69, 9.17) is 5.73 Å². The van der Waals surface area contributed by atoms with Crippen LogP contribution in [0.25, 0.3) is 5.65 Å². The topological polar surface area (TPSA) is 59.5 Å². The summed E-state index contributed by atoms with van der Waals surface area (Å²) in [5.41, 5.74) is 7.83. The number of nitrogens with two attached hydrogens (primary N) is 1. The van der Waals surface area contributed by atoms with E-state index in [1.807, 2.05) is 16.8 Å². The maximum Gasteiger partial charge on any atom is 0.245 e. The summed E-state index contributed by atoms with van der Waals surface area (Å²) in [6.45, 7) is 3.84. The first-order valence-electron chi connectivity index (χ1n) is 7.07. The van der Waals surface area contributed by atoms with E-state index in [-0.39, 0.29) is 0 Å². The minimum Gasteiger partial charge on any atom is -0.336 e. The summed E-state index contributed by atoms with van der Waals surface area (Å²) in [5.74, 6) is 0.851. The number of rotatable bonds is 3. The smallest absolute Gasteiger partial charge is 0.245 e. The number of anilines is 1. The summed E-state index contributed by atoms with van der Waals surface area (Å²) in [6, 6.07) is 4.59. The normalized spacial score (nSPS) is 20.1. The van der Waals surface area contributed by atoms with Gasteiger partial charge in [0.15, 0.2) is 5.65 Å². The molecule has 1 aliphatic rings. The molecule has 2 N–H and O–H groups in total. The molecule has 0 bridgehead atoms. The molecule has 0 aromatic carbocycles. The Bertz CT molecular complexity index is 560. The molecule has 0 radical (unpaired) electrons. The first-order valence-corrected chi connectivity index (χ1v) is 7.07. The summed E-state index contributed by atoms with van der Waals surface area (Å²) >= 11 is 0. The predicted octanol–water partition coefficient (Wildman–Crippen LogP) is 1.75. The molecule has 1 atom stereocenters. The standard InChI is InChI=1S/C14H21N5/c1-11-5-6-13-16-14(17-19(13)10-11)18-9-3-2-4-12(18)7-8-15/h5-6,10,12H,2-4,7-9,15H2,1H3. The van der Waals surface area contributed by atoms with Crippen LogP contribution in [0.2, 0.25) is 0 Å². The monoisotopic (exact) mass is 259 g/mol. The molecule has 3 heterocycles. The third-order valence-electron chi connectivity index (χ3n) is 3.85. The van der Waals surface area contributed by atoms with E-state index in [1.54, 1.807) is 0 Å². The Morgan fingerprint density at radius 3 is 3.11 bits per heavy atom. The van der Waals surface area contributed by atoms with E-state index in [9.17, 15) is 0 Å². The molecule has 0 saturated carbocycles. The molecule has 1 aliphatic heterocycles. The van der Waals surface area contributed by atoms with E-state index in [1.165, 1.54) is 24.8 Å². The fourth-order valence-electron chi connectivity index (χ4n) is 2.85. The Labute approximate surface area is 113 Å². The number of pyridine rings is 1. The highest BCUT2D eigenvalue weighted by molar-refractivity contribution is 5.46. The van der Waals surface area contributed by atoms with Gasteiger partial charge in [0.05, 0.1) is 0 Å². The zero-order valence-corrected chi connectivity index (χ0v) is 11.4. The Morgan fingerprint density at radius 1 is 1.37 bits per heavy atom. The van der Waals surface area contributed by atoms with Gasteiger partial charge in [-0.15, -0.1) is 5.10 Å². The zero-order valence-electron chi connectivity index (χ0n) is 11.4. The van der Waals surface area contributed by atoms with Gasteiger partial charge in [0.2, 0.25) is 5.95 Å². The van der Waals surface area contributed by atoms with Crippen LogP contribution in [0.3, 0.4) is 0 Å². The molecule has 2 aromatic rings. The summed E-state index contributed by atoms with van der Waals surface area (Å²) in [5, 5.41) is 4.62. The Kier molecular flexibility index (Phi) is 3.38. The van der Waals surface area contributed by atoms with Crippen LogP contribution in [-0.4, -0.2) is 33.7 Å². The lowest BCUT2D eigenvalue weighted by Crippen LogP contribution is -2.41. The zero-order chi connectivity index (χ0) is 13.2. The fourth-order valence-corrected chi connectivity index (χ4v) is 2.85. The first kappa shape index (κ1) is 12.4. The van der Waals surface area contributed by atoms with Crippen LogP contribution >= 0.6 is 0 Å². The molecule has 1 fully saturated rings. The summed E-state index contributed by atoms with van der Waals surface area (Å²) < 4.78 is 1.87. The average molecular weight is 259 g/mol. The van der Waals surface area contributed by atoms with Crippen LogP contribution in [0.5, 0.6) is 0 Å². The molecule has 0 amide bonds. The van der Waals surface area contributed by atoms with E-state index in [0.717, 1.165) is 31.1 Å². The summed E-state index contributed by atoms with van der Waals surface area (Å²) in [4.78, 5) is 6.98. The van der Waals surface area contributed by atoms with Gasteiger partial charge in [0.1, 0.15) is 0 Å². The van der Waals surface area contributed by atoms with Crippen molar-refractivity contribution in [1.82, 2.24) is 14.6 Å². The third kappa shape index (κ3) is 2.42. The summed E-state index contributed by atoms with van der Waals surface area (Å²) in [7, 11) is 0. The highest BCUT2D eigenvalue weighted by Crippen LogP contribution is 2.24. The Morgan fingerprint density at radius 2 is 2.26 bits per heavy atom. The van der Waals surface area contributed by atoms with Gasteiger partial charge in [-0.3, -0.25) is 0 Å². The van der Waals surface area contributed by atoms with E-state index in [2.05, 4.69) is 28.0 Å². The van der Waals surface area contributed by atoms with Crippen LogP contribution in [0, 0.1) is 6.92 Å². The molecule has 0 spiro atoms. The van der Waals surface area contributed by atoms with Crippen molar-refractivity contribution in [2.45, 2.75) is 38.6 Å². The van der Waals surface area contributed by atoms with Gasteiger partial charge in [-0.05, 0) is 50.8 Å². The van der Waals surface area contributed by atoms with Crippen LogP contribution in [0.1, 0.15) is 31.2 Å². The molecular formula is C14H21N5. The number of hydrogen-bond acceptors (Lipinski definition) is 4. The molecule has 1 saturated heterocycles. The second kappa shape index (κ2) is 5.17. The van der Waals surface area contributed by atoms with Crippen molar-refractivity contribution < 1.29 is 0 Å². The summed E-state index contributed by atoms with van der Waals surface area (Å²) in [6.07, 6.45) is 6.75.